The van der Waals surface area contributed by atoms with Crippen molar-refractivity contribution < 1.29 is 14.2 Å². The maximum Gasteiger partial charge on any atom is 0.137 e. The fourth-order valence-corrected chi connectivity index (χ4v) is 1.81. The lowest BCUT2D eigenvalue weighted by Crippen LogP contribution is -2.18. The number of hydrogen-bond donors (Lipinski definition) is 1. The van der Waals surface area contributed by atoms with Crippen LogP contribution in [0.3, 0.4) is 0 Å². The third-order valence-corrected chi connectivity index (χ3v) is 3.03. The standard InChI is InChI=1S/C12H16BrFO2/c1-2-6-16-8-10(15)7-9-4-3-5-11(14)12(9)13/h3-5,10,15H,2,6-8H2,1H3. The van der Waals surface area contributed by atoms with Gasteiger partial charge in [0.05, 0.1) is 17.2 Å². The van der Waals surface area contributed by atoms with Crippen LogP contribution in [0.25, 0.3) is 0 Å². The van der Waals surface area contributed by atoms with Crippen LogP contribution in [-0.2, 0) is 11.2 Å². The maximum atomic E-state index is 13.2. The lowest BCUT2D eigenvalue weighted by Gasteiger charge is -2.12. The molecule has 0 saturated heterocycles. The highest BCUT2D eigenvalue weighted by molar-refractivity contribution is 9.10. The summed E-state index contributed by atoms with van der Waals surface area (Å²) in [5.41, 5.74) is 0.757. The second-order valence-corrected chi connectivity index (χ2v) is 4.44. The summed E-state index contributed by atoms with van der Waals surface area (Å²) in [6, 6.07) is 4.80. The lowest BCUT2D eigenvalue weighted by molar-refractivity contribution is 0.0373. The molecular weight excluding hydrogens is 275 g/mol. The van der Waals surface area contributed by atoms with Gasteiger partial charge in [-0.05, 0) is 34.0 Å². The molecule has 1 N–H and O–H groups in total. The molecule has 0 saturated carbocycles. The van der Waals surface area contributed by atoms with Gasteiger partial charge in [-0.2, -0.15) is 0 Å². The molecule has 0 aliphatic carbocycles. The van der Waals surface area contributed by atoms with Gasteiger partial charge in [0.1, 0.15) is 5.82 Å². The van der Waals surface area contributed by atoms with Crippen molar-refractivity contribution in [3.8, 4) is 0 Å². The lowest BCUT2D eigenvalue weighted by atomic mass is 10.1. The molecule has 4 heteroatoms. The number of benzene rings is 1. The van der Waals surface area contributed by atoms with Crippen molar-refractivity contribution in [1.29, 1.82) is 0 Å². The molecule has 1 aromatic carbocycles. The van der Waals surface area contributed by atoms with Crippen molar-refractivity contribution in [3.63, 3.8) is 0 Å². The van der Waals surface area contributed by atoms with Crippen molar-refractivity contribution in [2.75, 3.05) is 13.2 Å². The minimum atomic E-state index is -0.593. The summed E-state index contributed by atoms with van der Waals surface area (Å²) in [5.74, 6) is -0.306. The summed E-state index contributed by atoms with van der Waals surface area (Å²) >= 11 is 3.16. The Labute approximate surface area is 104 Å². The SMILES string of the molecule is CCCOCC(O)Cc1cccc(F)c1Br. The van der Waals surface area contributed by atoms with Crippen molar-refractivity contribution in [2.45, 2.75) is 25.9 Å². The minimum absolute atomic E-state index is 0.288. The predicted octanol–water partition coefficient (Wildman–Crippen LogP) is 2.92. The van der Waals surface area contributed by atoms with Crippen LogP contribution in [0, 0.1) is 5.82 Å². The molecule has 0 amide bonds. The molecule has 0 spiro atoms. The fraction of sp³-hybridized carbons (Fsp3) is 0.500. The van der Waals surface area contributed by atoms with E-state index in [1.165, 1.54) is 6.07 Å². The second-order valence-electron chi connectivity index (χ2n) is 3.65. The van der Waals surface area contributed by atoms with Crippen LogP contribution < -0.4 is 0 Å². The van der Waals surface area contributed by atoms with Gasteiger partial charge in [-0.1, -0.05) is 19.1 Å². The van der Waals surface area contributed by atoms with Gasteiger partial charge >= 0.3 is 0 Å². The number of ether oxygens (including phenoxy) is 1. The Morgan fingerprint density at radius 2 is 2.25 bits per heavy atom. The molecule has 0 bridgehead atoms. The van der Waals surface area contributed by atoms with Gasteiger partial charge in [0.25, 0.3) is 0 Å². The number of aliphatic hydroxyl groups excluding tert-OH is 1. The second kappa shape index (κ2) is 6.99. The summed E-state index contributed by atoms with van der Waals surface area (Å²) in [6.45, 7) is 2.94. The predicted molar refractivity (Wildman–Crippen MR) is 64.9 cm³/mol. The Hall–Kier alpha value is -0.450. The zero-order valence-corrected chi connectivity index (χ0v) is 10.8. The summed E-state index contributed by atoms with van der Waals surface area (Å²) in [4.78, 5) is 0. The van der Waals surface area contributed by atoms with E-state index in [9.17, 15) is 9.50 Å². The Morgan fingerprint density at radius 1 is 1.50 bits per heavy atom. The van der Waals surface area contributed by atoms with Crippen LogP contribution in [0.1, 0.15) is 18.9 Å². The zero-order valence-electron chi connectivity index (χ0n) is 9.25. The maximum absolute atomic E-state index is 13.2. The van der Waals surface area contributed by atoms with Crippen LogP contribution in [0.4, 0.5) is 4.39 Å². The van der Waals surface area contributed by atoms with Gasteiger partial charge in [0, 0.05) is 13.0 Å². The molecule has 1 rings (SSSR count). The first-order chi connectivity index (χ1) is 7.65. The summed E-state index contributed by atoms with van der Waals surface area (Å²) in [7, 11) is 0. The molecule has 2 nitrogen and oxygen atoms in total. The van der Waals surface area contributed by atoms with E-state index in [2.05, 4.69) is 15.9 Å². The molecule has 0 fully saturated rings. The van der Waals surface area contributed by atoms with Crippen molar-refractivity contribution in [2.24, 2.45) is 0 Å². The molecule has 1 aromatic rings. The quantitative estimate of drug-likeness (QED) is 0.817. The molecular formula is C12H16BrFO2. The molecule has 0 aliphatic rings. The average molecular weight is 291 g/mol. The molecule has 90 valence electrons. The van der Waals surface area contributed by atoms with Crippen LogP contribution in [0.15, 0.2) is 22.7 Å². The van der Waals surface area contributed by atoms with Crippen LogP contribution in [0.2, 0.25) is 0 Å². The third-order valence-electron chi connectivity index (χ3n) is 2.15. The zero-order chi connectivity index (χ0) is 12.0. The van der Waals surface area contributed by atoms with Gasteiger partial charge < -0.3 is 9.84 Å². The van der Waals surface area contributed by atoms with Gasteiger partial charge in [-0.25, -0.2) is 4.39 Å². The summed E-state index contributed by atoms with van der Waals surface area (Å²) < 4.78 is 18.8. The molecule has 0 aliphatic heterocycles. The first kappa shape index (κ1) is 13.6. The number of hydrogen-bond acceptors (Lipinski definition) is 2. The van der Waals surface area contributed by atoms with E-state index in [0.29, 0.717) is 17.5 Å². The van der Waals surface area contributed by atoms with E-state index in [-0.39, 0.29) is 12.4 Å². The normalized spacial score (nSPS) is 12.8. The van der Waals surface area contributed by atoms with Gasteiger partial charge in [0.2, 0.25) is 0 Å². The molecule has 0 heterocycles. The number of rotatable bonds is 6. The smallest absolute Gasteiger partial charge is 0.137 e. The largest absolute Gasteiger partial charge is 0.390 e. The van der Waals surface area contributed by atoms with E-state index in [1.54, 1.807) is 12.1 Å². The molecule has 0 radical (unpaired) electrons. The van der Waals surface area contributed by atoms with E-state index in [4.69, 9.17) is 4.74 Å². The van der Waals surface area contributed by atoms with E-state index in [0.717, 1.165) is 12.0 Å². The van der Waals surface area contributed by atoms with Crippen molar-refractivity contribution in [1.82, 2.24) is 0 Å². The number of halogens is 2. The van der Waals surface area contributed by atoms with Gasteiger partial charge in [-0.3, -0.25) is 0 Å². The average Bonchev–Trinajstić information content (AvgIpc) is 2.25. The van der Waals surface area contributed by atoms with E-state index >= 15 is 0 Å². The van der Waals surface area contributed by atoms with Crippen LogP contribution >= 0.6 is 15.9 Å². The van der Waals surface area contributed by atoms with Gasteiger partial charge in [0.15, 0.2) is 0 Å². The van der Waals surface area contributed by atoms with Crippen LogP contribution in [0.5, 0.6) is 0 Å². The Bertz CT molecular complexity index is 331. The minimum Gasteiger partial charge on any atom is -0.390 e. The highest BCUT2D eigenvalue weighted by Crippen LogP contribution is 2.21. The number of aliphatic hydroxyl groups is 1. The Kier molecular flexibility index (Phi) is 5.95. The molecule has 0 aromatic heterocycles. The first-order valence-corrected chi connectivity index (χ1v) is 6.13. The monoisotopic (exact) mass is 290 g/mol. The Morgan fingerprint density at radius 3 is 2.94 bits per heavy atom. The molecule has 1 atom stereocenters. The van der Waals surface area contributed by atoms with Gasteiger partial charge in [-0.15, -0.1) is 0 Å². The highest BCUT2D eigenvalue weighted by Gasteiger charge is 2.10. The fourth-order valence-electron chi connectivity index (χ4n) is 1.38. The Balaban J connectivity index is 2.49. The molecule has 16 heavy (non-hydrogen) atoms. The van der Waals surface area contributed by atoms with Crippen LogP contribution in [-0.4, -0.2) is 24.4 Å². The van der Waals surface area contributed by atoms with Crippen molar-refractivity contribution in [3.05, 3.63) is 34.1 Å². The third kappa shape index (κ3) is 4.20. The summed E-state index contributed by atoms with van der Waals surface area (Å²) in [6.07, 6.45) is 0.725. The van der Waals surface area contributed by atoms with Crippen molar-refractivity contribution >= 4 is 15.9 Å². The summed E-state index contributed by atoms with van der Waals surface area (Å²) in [5, 5.41) is 9.68. The first-order valence-electron chi connectivity index (χ1n) is 5.33. The topological polar surface area (TPSA) is 29.5 Å². The van der Waals surface area contributed by atoms with E-state index < -0.39 is 6.10 Å². The highest BCUT2D eigenvalue weighted by atomic mass is 79.9. The molecule has 1 unspecified atom stereocenters. The van der Waals surface area contributed by atoms with E-state index in [1.807, 2.05) is 6.92 Å².